The first-order chi connectivity index (χ1) is 9.31. The molecular weight excluding hydrogens is 240 g/mol. The van der Waals surface area contributed by atoms with Crippen molar-refractivity contribution in [2.24, 2.45) is 15.4 Å². The Hall–Kier alpha value is -2.94. The van der Waals surface area contributed by atoms with Gasteiger partial charge in [-0.1, -0.05) is 17.4 Å². The molecule has 0 heterocycles. The van der Waals surface area contributed by atoms with Crippen LogP contribution in [0.3, 0.4) is 0 Å². The van der Waals surface area contributed by atoms with Gasteiger partial charge < -0.3 is 0 Å². The summed E-state index contributed by atoms with van der Waals surface area (Å²) in [5.74, 6) is 0. The van der Waals surface area contributed by atoms with Crippen LogP contribution in [0.5, 0.6) is 0 Å². The van der Waals surface area contributed by atoms with Crippen molar-refractivity contribution in [3.05, 3.63) is 63.8 Å². The fourth-order valence-corrected chi connectivity index (χ4v) is 2.42. The second-order valence-corrected chi connectivity index (χ2v) is 4.25. The topological polar surface area (TPSA) is 89.1 Å². The molecule has 0 radical (unpaired) electrons. The number of rotatable bonds is 1. The Morgan fingerprint density at radius 1 is 1.00 bits per heavy atom. The minimum atomic E-state index is 0.625. The van der Waals surface area contributed by atoms with Crippen LogP contribution in [-0.2, 0) is 0 Å². The molecule has 0 aromatic carbocycles. The van der Waals surface area contributed by atoms with E-state index in [1.54, 1.807) is 0 Å². The molecule has 0 saturated carbocycles. The summed E-state index contributed by atoms with van der Waals surface area (Å²) in [7, 11) is 0. The van der Waals surface area contributed by atoms with Crippen molar-refractivity contribution >= 4 is 11.4 Å². The van der Waals surface area contributed by atoms with Gasteiger partial charge in [0.25, 0.3) is 5.39 Å². The molecule has 3 rings (SSSR count). The Kier molecular flexibility index (Phi) is 2.58. The van der Waals surface area contributed by atoms with Gasteiger partial charge in [0.15, 0.2) is 10.8 Å². The minimum absolute atomic E-state index is 0.625. The molecule has 6 nitrogen and oxygen atoms in total. The van der Waals surface area contributed by atoms with E-state index in [1.165, 1.54) is 0 Å². The van der Waals surface area contributed by atoms with Crippen LogP contribution in [0, 0.1) is 10.9 Å². The molecule has 1 N–H and O–H groups in total. The third-order valence-electron chi connectivity index (χ3n) is 3.17. The molecule has 0 saturated heterocycles. The van der Waals surface area contributed by atoms with Gasteiger partial charge in [-0.05, 0) is 53.0 Å². The zero-order valence-corrected chi connectivity index (χ0v) is 9.91. The van der Waals surface area contributed by atoms with Crippen LogP contribution in [0.25, 0.3) is 5.08 Å². The SMILES string of the molecule is N#[N+]N=C1C=CC2=C3C=CC(=NN=N)C=C3CC2=C1. The molecule has 0 fully saturated rings. The van der Waals surface area contributed by atoms with Crippen molar-refractivity contribution in [2.75, 3.05) is 0 Å². The predicted molar refractivity (Wildman–Crippen MR) is 71.2 cm³/mol. The molecule has 0 aromatic rings. The first-order valence-electron chi connectivity index (χ1n) is 5.70. The van der Waals surface area contributed by atoms with E-state index in [0.29, 0.717) is 11.4 Å². The maximum Gasteiger partial charge on any atom is 0.339 e. The van der Waals surface area contributed by atoms with Crippen LogP contribution < -0.4 is 0 Å². The normalized spacial score (nSPS) is 23.9. The lowest BCUT2D eigenvalue weighted by Crippen LogP contribution is -1.97. The van der Waals surface area contributed by atoms with Crippen molar-refractivity contribution in [3.63, 3.8) is 0 Å². The molecule has 0 aliphatic heterocycles. The second-order valence-electron chi connectivity index (χ2n) is 4.25. The van der Waals surface area contributed by atoms with Gasteiger partial charge in [-0.25, -0.2) is 0 Å². The molecule has 0 amide bonds. The van der Waals surface area contributed by atoms with E-state index in [4.69, 9.17) is 10.9 Å². The fraction of sp³-hybridized carbons (Fsp3) is 0.0769. The number of diazo groups is 1. The monoisotopic (exact) mass is 249 g/mol. The first kappa shape index (κ1) is 11.2. The molecule has 90 valence electrons. The Labute approximate surface area is 109 Å². The summed E-state index contributed by atoms with van der Waals surface area (Å²) in [6, 6.07) is 0. The van der Waals surface area contributed by atoms with Crippen LogP contribution in [0.4, 0.5) is 0 Å². The Morgan fingerprint density at radius 2 is 1.63 bits per heavy atom. The molecule has 0 atom stereocenters. The summed E-state index contributed by atoms with van der Waals surface area (Å²) >= 11 is 0. The van der Waals surface area contributed by atoms with E-state index in [9.17, 15) is 0 Å². The smallest absolute Gasteiger partial charge is 0.185 e. The predicted octanol–water partition coefficient (Wildman–Crippen LogP) is 3.28. The average molecular weight is 249 g/mol. The first-order valence-corrected chi connectivity index (χ1v) is 5.70. The minimum Gasteiger partial charge on any atom is -0.185 e. The van der Waals surface area contributed by atoms with Gasteiger partial charge in [-0.2, -0.15) is 5.53 Å². The lowest BCUT2D eigenvalue weighted by atomic mass is 9.98. The number of allylic oxidation sites excluding steroid dienone is 10. The van der Waals surface area contributed by atoms with Gasteiger partial charge in [0.05, 0.1) is 5.71 Å². The number of hydrogen-bond donors (Lipinski definition) is 1. The molecule has 0 unspecified atom stereocenters. The van der Waals surface area contributed by atoms with E-state index in [1.807, 2.05) is 36.5 Å². The summed E-state index contributed by atoms with van der Waals surface area (Å²) < 4.78 is 0. The Morgan fingerprint density at radius 3 is 2.26 bits per heavy atom. The zero-order valence-electron chi connectivity index (χ0n) is 9.91. The number of nitrogens with zero attached hydrogens (tertiary/aromatic N) is 5. The van der Waals surface area contributed by atoms with Gasteiger partial charge in [0.1, 0.15) is 0 Å². The third-order valence-corrected chi connectivity index (χ3v) is 3.17. The van der Waals surface area contributed by atoms with Crippen LogP contribution >= 0.6 is 0 Å². The second kappa shape index (κ2) is 4.38. The van der Waals surface area contributed by atoms with Gasteiger partial charge in [0.2, 0.25) is 0 Å². The quantitative estimate of drug-likeness (QED) is 0.431. The molecule has 19 heavy (non-hydrogen) atoms. The summed E-state index contributed by atoms with van der Waals surface area (Å²) in [5, 5.41) is 21.6. The summed E-state index contributed by atoms with van der Waals surface area (Å²) in [6.07, 6.45) is 12.2. The summed E-state index contributed by atoms with van der Waals surface area (Å²) in [4.78, 5) is 0. The number of hydrogen-bond acceptors (Lipinski definition) is 4. The molecule has 0 spiro atoms. The van der Waals surface area contributed by atoms with E-state index in [-0.39, 0.29) is 0 Å². The third kappa shape index (κ3) is 1.87. The van der Waals surface area contributed by atoms with Crippen LogP contribution in [0.1, 0.15) is 6.42 Å². The highest BCUT2D eigenvalue weighted by molar-refractivity contribution is 6.10. The lowest BCUT2D eigenvalue weighted by Gasteiger charge is -2.06. The Balaban J connectivity index is 2.04. The van der Waals surface area contributed by atoms with Crippen molar-refractivity contribution < 1.29 is 0 Å². The van der Waals surface area contributed by atoms with Crippen LogP contribution in [0.15, 0.2) is 74.2 Å². The van der Waals surface area contributed by atoms with E-state index in [0.717, 1.165) is 28.7 Å². The van der Waals surface area contributed by atoms with Crippen LogP contribution in [-0.4, -0.2) is 11.4 Å². The summed E-state index contributed by atoms with van der Waals surface area (Å²) in [6.45, 7) is 0. The average Bonchev–Trinajstić information content (AvgIpc) is 2.76. The van der Waals surface area contributed by atoms with Gasteiger partial charge in [-0.15, -0.1) is 5.10 Å². The maximum absolute atomic E-state index is 8.45. The Bertz CT molecular complexity index is 719. The molecule has 0 bridgehead atoms. The van der Waals surface area contributed by atoms with Gasteiger partial charge in [-0.3, -0.25) is 0 Å². The van der Waals surface area contributed by atoms with E-state index >= 15 is 0 Å². The lowest BCUT2D eigenvalue weighted by molar-refractivity contribution is 0.991. The highest BCUT2D eigenvalue weighted by Gasteiger charge is 2.25. The standard InChI is InChI=1S/C13H9N6/c14-18-16-10-1-3-12-8(6-10)5-9-7-11(17-19-15)2-4-13(9)12/h1-4,6-7,14H,5H2/q+1. The molecule has 0 aromatic heterocycles. The number of nitrogens with one attached hydrogen (secondary N) is 1. The molecule has 3 aliphatic rings. The molecule has 3 aliphatic carbocycles. The van der Waals surface area contributed by atoms with E-state index in [2.05, 4.69) is 20.5 Å². The fourth-order valence-electron chi connectivity index (χ4n) is 2.42. The van der Waals surface area contributed by atoms with Crippen molar-refractivity contribution in [2.45, 2.75) is 6.42 Å². The largest absolute Gasteiger partial charge is 0.339 e. The van der Waals surface area contributed by atoms with Gasteiger partial charge in [0, 0.05) is 0 Å². The van der Waals surface area contributed by atoms with Crippen molar-refractivity contribution in [1.82, 2.24) is 0 Å². The summed E-state index contributed by atoms with van der Waals surface area (Å²) in [5.41, 5.74) is 12.7. The van der Waals surface area contributed by atoms with E-state index < -0.39 is 0 Å². The van der Waals surface area contributed by atoms with Gasteiger partial charge >= 0.3 is 5.08 Å². The highest BCUT2D eigenvalue weighted by Crippen LogP contribution is 2.40. The zero-order chi connectivity index (χ0) is 13.2. The highest BCUT2D eigenvalue weighted by atomic mass is 15.3. The van der Waals surface area contributed by atoms with Crippen molar-refractivity contribution in [1.29, 1.82) is 10.9 Å². The molecular formula is C13H9N6+. The van der Waals surface area contributed by atoms with Crippen LogP contribution in [0.2, 0.25) is 0 Å². The number of fused-ring (bicyclic) bond motifs is 2. The maximum atomic E-state index is 8.45. The molecule has 6 heteroatoms. The van der Waals surface area contributed by atoms with Crippen molar-refractivity contribution in [3.8, 4) is 0 Å².